The monoisotopic (exact) mass is 295 g/mol. The van der Waals surface area contributed by atoms with E-state index in [1.807, 2.05) is 4.90 Å². The van der Waals surface area contributed by atoms with Gasteiger partial charge in [0.25, 0.3) is 0 Å². The molecule has 0 aromatic rings. The highest BCUT2D eigenvalue weighted by atomic mass is 32.2. The van der Waals surface area contributed by atoms with Gasteiger partial charge in [0.2, 0.25) is 0 Å². The first-order valence-electron chi connectivity index (χ1n) is 5.65. The van der Waals surface area contributed by atoms with Gasteiger partial charge in [-0.25, -0.2) is 9.52 Å². The lowest BCUT2D eigenvalue weighted by atomic mass is 10.3. The first kappa shape index (κ1) is 15.7. The van der Waals surface area contributed by atoms with Crippen molar-refractivity contribution in [3.8, 4) is 0 Å². The van der Waals surface area contributed by atoms with Crippen LogP contribution < -0.4 is 4.72 Å². The summed E-state index contributed by atoms with van der Waals surface area (Å²) in [6.07, 6.45) is -1.01. The maximum atomic E-state index is 11.7. The Bertz CT molecular complexity index is 429. The molecule has 0 spiro atoms. The first-order chi connectivity index (χ1) is 8.85. The number of nitrogens with one attached hydrogen (secondary N) is 1. The lowest BCUT2D eigenvalue weighted by molar-refractivity contribution is -0.137. The van der Waals surface area contributed by atoms with Gasteiger partial charge in [0.05, 0.1) is 13.5 Å². The molecule has 0 atom stereocenters. The van der Waals surface area contributed by atoms with Crippen LogP contribution in [0.2, 0.25) is 0 Å². The molecule has 1 aliphatic rings. The largest absolute Gasteiger partial charge is 0.481 e. The second-order valence-electron chi connectivity index (χ2n) is 3.98. The summed E-state index contributed by atoms with van der Waals surface area (Å²) < 4.78 is 30.6. The number of carbonyl (C=O) groups excluding carboxylic acids is 1. The summed E-state index contributed by atoms with van der Waals surface area (Å²) in [5.74, 6) is -0.887. The smallest absolute Gasteiger partial charge is 0.421 e. The maximum Gasteiger partial charge on any atom is 0.421 e. The fraction of sp³-hybridized carbons (Fsp3) is 0.778. The van der Waals surface area contributed by atoms with Crippen LogP contribution in [0.5, 0.6) is 0 Å². The van der Waals surface area contributed by atoms with Crippen LogP contribution in [-0.2, 0) is 19.7 Å². The minimum Gasteiger partial charge on any atom is -0.481 e. The molecule has 9 nitrogen and oxygen atoms in total. The molecule has 1 fully saturated rings. The molecule has 0 aliphatic carbocycles. The molecule has 0 radical (unpaired) electrons. The lowest BCUT2D eigenvalue weighted by Crippen LogP contribution is -2.53. The van der Waals surface area contributed by atoms with Crippen LogP contribution in [0.1, 0.15) is 6.42 Å². The number of hydrogen-bond donors (Lipinski definition) is 2. The Balaban J connectivity index is 2.44. The van der Waals surface area contributed by atoms with Crippen molar-refractivity contribution in [2.45, 2.75) is 6.42 Å². The zero-order chi connectivity index (χ0) is 14.5. The number of ether oxygens (including phenoxy) is 1. The Morgan fingerprint density at radius 3 is 2.32 bits per heavy atom. The average molecular weight is 295 g/mol. The Morgan fingerprint density at radius 2 is 1.84 bits per heavy atom. The zero-order valence-corrected chi connectivity index (χ0v) is 11.4. The molecule has 1 heterocycles. The molecule has 1 saturated heterocycles. The van der Waals surface area contributed by atoms with E-state index >= 15 is 0 Å². The van der Waals surface area contributed by atoms with Crippen LogP contribution in [0.3, 0.4) is 0 Å². The second kappa shape index (κ2) is 6.68. The number of carbonyl (C=O) groups is 2. The Kier molecular flexibility index (Phi) is 5.51. The zero-order valence-electron chi connectivity index (χ0n) is 10.5. The summed E-state index contributed by atoms with van der Waals surface area (Å²) in [6, 6.07) is 0. The van der Waals surface area contributed by atoms with Gasteiger partial charge in [-0.05, 0) is 0 Å². The molecule has 0 bridgehead atoms. The van der Waals surface area contributed by atoms with Gasteiger partial charge in [-0.1, -0.05) is 0 Å². The Hall–Kier alpha value is -1.39. The summed E-state index contributed by atoms with van der Waals surface area (Å²) >= 11 is 0. The van der Waals surface area contributed by atoms with Crippen LogP contribution in [0.15, 0.2) is 0 Å². The van der Waals surface area contributed by atoms with Crippen LogP contribution in [-0.4, -0.2) is 74.6 Å². The van der Waals surface area contributed by atoms with Crippen molar-refractivity contribution >= 4 is 22.3 Å². The summed E-state index contributed by atoms with van der Waals surface area (Å²) in [5, 5.41) is 8.56. The standard InChI is InChI=1S/C9H17N3O6S/c1-18-9(15)10-19(16,17)12-6-4-11(5-7-12)3-2-8(13)14/h2-7H2,1H3,(H,10,15)(H,13,14). The predicted molar refractivity (Wildman–Crippen MR) is 64.7 cm³/mol. The molecular weight excluding hydrogens is 278 g/mol. The SMILES string of the molecule is COC(=O)NS(=O)(=O)N1CCN(CCC(=O)O)CC1. The van der Waals surface area contributed by atoms with E-state index in [2.05, 4.69) is 4.74 Å². The molecule has 10 heteroatoms. The first-order valence-corrected chi connectivity index (χ1v) is 7.09. The number of carboxylic acids is 1. The van der Waals surface area contributed by atoms with E-state index in [0.29, 0.717) is 19.6 Å². The number of rotatable bonds is 5. The molecule has 1 rings (SSSR count). The van der Waals surface area contributed by atoms with Gasteiger partial charge in [0.15, 0.2) is 0 Å². The minimum atomic E-state index is -3.88. The number of piperazine rings is 1. The fourth-order valence-corrected chi connectivity index (χ4v) is 2.73. The van der Waals surface area contributed by atoms with Crippen molar-refractivity contribution < 1.29 is 27.9 Å². The third kappa shape index (κ3) is 5.01. The fourth-order valence-electron chi connectivity index (χ4n) is 1.66. The van der Waals surface area contributed by atoms with Crippen LogP contribution >= 0.6 is 0 Å². The summed E-state index contributed by atoms with van der Waals surface area (Å²) in [4.78, 5) is 23.2. The molecule has 1 aliphatic heterocycles. The third-order valence-electron chi connectivity index (χ3n) is 2.71. The van der Waals surface area contributed by atoms with E-state index in [9.17, 15) is 18.0 Å². The van der Waals surface area contributed by atoms with Crippen LogP contribution in [0.25, 0.3) is 0 Å². The third-order valence-corrected chi connectivity index (χ3v) is 4.18. The normalized spacial score (nSPS) is 17.9. The molecule has 110 valence electrons. The molecule has 19 heavy (non-hydrogen) atoms. The Labute approximate surface area is 111 Å². The van der Waals surface area contributed by atoms with Gasteiger partial charge in [-0.15, -0.1) is 0 Å². The van der Waals surface area contributed by atoms with E-state index in [-0.39, 0.29) is 19.5 Å². The number of carboxylic acid groups (broad SMARTS) is 1. The number of methoxy groups -OCH3 is 1. The molecule has 1 amide bonds. The van der Waals surface area contributed by atoms with Crippen LogP contribution in [0.4, 0.5) is 4.79 Å². The lowest BCUT2D eigenvalue weighted by Gasteiger charge is -2.33. The van der Waals surface area contributed by atoms with Gasteiger partial charge in [0.1, 0.15) is 0 Å². The van der Waals surface area contributed by atoms with Crippen molar-refractivity contribution in [1.82, 2.24) is 13.9 Å². The molecule has 0 aromatic heterocycles. The van der Waals surface area contributed by atoms with E-state index in [0.717, 1.165) is 11.4 Å². The van der Waals surface area contributed by atoms with Crippen molar-refractivity contribution in [3.05, 3.63) is 0 Å². The van der Waals surface area contributed by atoms with E-state index in [1.54, 1.807) is 4.72 Å². The van der Waals surface area contributed by atoms with Gasteiger partial charge < -0.3 is 14.7 Å². The predicted octanol–water partition coefficient (Wildman–Crippen LogP) is -1.32. The van der Waals surface area contributed by atoms with Crippen molar-refractivity contribution in [2.75, 3.05) is 39.8 Å². The number of nitrogens with zero attached hydrogens (tertiary/aromatic N) is 2. The Morgan fingerprint density at radius 1 is 1.26 bits per heavy atom. The summed E-state index contributed by atoms with van der Waals surface area (Å²) in [7, 11) is -2.81. The van der Waals surface area contributed by atoms with Crippen molar-refractivity contribution in [3.63, 3.8) is 0 Å². The van der Waals surface area contributed by atoms with Crippen molar-refractivity contribution in [1.29, 1.82) is 0 Å². The molecule has 0 unspecified atom stereocenters. The quantitative estimate of drug-likeness (QED) is 0.646. The maximum absolute atomic E-state index is 11.7. The van der Waals surface area contributed by atoms with E-state index in [1.165, 1.54) is 0 Å². The van der Waals surface area contributed by atoms with Gasteiger partial charge in [0, 0.05) is 32.7 Å². The topological polar surface area (TPSA) is 116 Å². The summed E-state index contributed by atoms with van der Waals surface area (Å²) in [5.41, 5.74) is 0. The van der Waals surface area contributed by atoms with E-state index in [4.69, 9.17) is 5.11 Å². The second-order valence-corrected chi connectivity index (χ2v) is 5.65. The molecule has 2 N–H and O–H groups in total. The highest BCUT2D eigenvalue weighted by molar-refractivity contribution is 7.87. The van der Waals surface area contributed by atoms with Crippen molar-refractivity contribution in [2.24, 2.45) is 0 Å². The average Bonchev–Trinajstić information content (AvgIpc) is 2.36. The molecule has 0 saturated carbocycles. The number of aliphatic carboxylic acids is 1. The van der Waals surface area contributed by atoms with Gasteiger partial charge in [-0.2, -0.15) is 12.7 Å². The number of amides is 1. The minimum absolute atomic E-state index is 0.0210. The van der Waals surface area contributed by atoms with E-state index < -0.39 is 22.3 Å². The summed E-state index contributed by atoms with van der Waals surface area (Å²) in [6.45, 7) is 1.64. The van der Waals surface area contributed by atoms with Gasteiger partial charge >= 0.3 is 22.3 Å². The highest BCUT2D eigenvalue weighted by Gasteiger charge is 2.28. The molecular formula is C9H17N3O6S. The van der Waals surface area contributed by atoms with Gasteiger partial charge in [-0.3, -0.25) is 4.79 Å². The highest BCUT2D eigenvalue weighted by Crippen LogP contribution is 2.06. The van der Waals surface area contributed by atoms with Crippen LogP contribution in [0, 0.1) is 0 Å². The molecule has 0 aromatic carbocycles. The number of hydrogen-bond acceptors (Lipinski definition) is 6.